The second-order valence-electron chi connectivity index (χ2n) is 5.43. The van der Waals surface area contributed by atoms with Gasteiger partial charge in [0.05, 0.1) is 6.26 Å². The Balaban J connectivity index is 1.35. The number of furan rings is 1. The maximum Gasteiger partial charge on any atom is 0.238 e. The van der Waals surface area contributed by atoms with Gasteiger partial charge in [-0.25, -0.2) is 0 Å². The van der Waals surface area contributed by atoms with Gasteiger partial charge >= 0.3 is 0 Å². The van der Waals surface area contributed by atoms with Crippen LogP contribution >= 0.6 is 0 Å². The highest BCUT2D eigenvalue weighted by atomic mass is 16.5. The summed E-state index contributed by atoms with van der Waals surface area (Å²) >= 11 is 0. The number of nitrogens with one attached hydrogen (secondary N) is 1. The molecule has 1 N–H and O–H groups in total. The molecule has 6 nitrogen and oxygen atoms in total. The zero-order chi connectivity index (χ0) is 16.6. The van der Waals surface area contributed by atoms with E-state index < -0.39 is 0 Å². The van der Waals surface area contributed by atoms with E-state index in [1.807, 2.05) is 18.2 Å². The molecule has 2 aromatic heterocycles. The van der Waals surface area contributed by atoms with Crippen LogP contribution in [0.5, 0.6) is 0 Å². The molecule has 6 heteroatoms. The summed E-state index contributed by atoms with van der Waals surface area (Å²) in [6.45, 7) is 0.662. The number of hydrogen-bond acceptors (Lipinski definition) is 5. The lowest BCUT2D eigenvalue weighted by atomic mass is 10.1. The Morgan fingerprint density at radius 2 is 1.96 bits per heavy atom. The Morgan fingerprint density at radius 3 is 2.75 bits per heavy atom. The minimum atomic E-state index is -0.0131. The minimum Gasteiger partial charge on any atom is -0.461 e. The zero-order valence-corrected chi connectivity index (χ0v) is 13.3. The van der Waals surface area contributed by atoms with Crippen molar-refractivity contribution in [1.82, 2.24) is 15.5 Å². The normalized spacial score (nSPS) is 10.7. The van der Waals surface area contributed by atoms with Crippen molar-refractivity contribution in [2.24, 2.45) is 0 Å². The van der Waals surface area contributed by atoms with Gasteiger partial charge < -0.3 is 14.3 Å². The van der Waals surface area contributed by atoms with Gasteiger partial charge in [-0.05, 0) is 30.5 Å². The van der Waals surface area contributed by atoms with Crippen LogP contribution in [0.1, 0.15) is 24.3 Å². The molecule has 0 saturated heterocycles. The maximum absolute atomic E-state index is 11.8. The SMILES string of the molecule is O=C(CCc1nc(-c2ccco2)no1)NCCCc1ccccc1. The van der Waals surface area contributed by atoms with E-state index in [0.29, 0.717) is 36.9 Å². The minimum absolute atomic E-state index is 0.0131. The summed E-state index contributed by atoms with van der Waals surface area (Å²) in [5.41, 5.74) is 1.28. The van der Waals surface area contributed by atoms with Gasteiger partial charge in [0, 0.05) is 19.4 Å². The van der Waals surface area contributed by atoms with Crippen LogP contribution in [0.3, 0.4) is 0 Å². The smallest absolute Gasteiger partial charge is 0.238 e. The lowest BCUT2D eigenvalue weighted by Crippen LogP contribution is -2.25. The van der Waals surface area contributed by atoms with E-state index in [2.05, 4.69) is 27.6 Å². The lowest BCUT2D eigenvalue weighted by molar-refractivity contribution is -0.121. The number of carbonyl (C=O) groups is 1. The van der Waals surface area contributed by atoms with Crippen molar-refractivity contribution in [3.8, 4) is 11.6 Å². The molecule has 0 fully saturated rings. The van der Waals surface area contributed by atoms with Crippen LogP contribution < -0.4 is 5.32 Å². The molecule has 0 bridgehead atoms. The van der Waals surface area contributed by atoms with E-state index in [9.17, 15) is 4.79 Å². The molecule has 124 valence electrons. The summed E-state index contributed by atoms with van der Waals surface area (Å²) in [6.07, 6.45) is 4.16. The van der Waals surface area contributed by atoms with Crippen molar-refractivity contribution in [3.05, 3.63) is 60.2 Å². The van der Waals surface area contributed by atoms with Crippen LogP contribution in [0.2, 0.25) is 0 Å². The predicted molar refractivity (Wildman–Crippen MR) is 88.1 cm³/mol. The van der Waals surface area contributed by atoms with Crippen molar-refractivity contribution in [2.75, 3.05) is 6.54 Å². The van der Waals surface area contributed by atoms with E-state index in [1.54, 1.807) is 18.4 Å². The van der Waals surface area contributed by atoms with E-state index in [4.69, 9.17) is 8.94 Å². The fourth-order valence-corrected chi connectivity index (χ4v) is 2.34. The highest BCUT2D eigenvalue weighted by Gasteiger charge is 2.12. The molecule has 0 aliphatic carbocycles. The number of aromatic nitrogens is 2. The highest BCUT2D eigenvalue weighted by molar-refractivity contribution is 5.75. The van der Waals surface area contributed by atoms with Crippen molar-refractivity contribution in [1.29, 1.82) is 0 Å². The Morgan fingerprint density at radius 1 is 1.08 bits per heavy atom. The molecule has 0 aliphatic heterocycles. The second-order valence-corrected chi connectivity index (χ2v) is 5.43. The third-order valence-electron chi connectivity index (χ3n) is 3.58. The molecule has 2 heterocycles. The topological polar surface area (TPSA) is 81.2 Å². The molecule has 0 unspecified atom stereocenters. The van der Waals surface area contributed by atoms with E-state index in [0.717, 1.165) is 12.8 Å². The van der Waals surface area contributed by atoms with Gasteiger partial charge in [0.25, 0.3) is 0 Å². The molecule has 0 aliphatic rings. The van der Waals surface area contributed by atoms with Crippen molar-refractivity contribution >= 4 is 5.91 Å². The zero-order valence-electron chi connectivity index (χ0n) is 13.3. The quantitative estimate of drug-likeness (QED) is 0.644. The van der Waals surface area contributed by atoms with E-state index >= 15 is 0 Å². The number of nitrogens with zero attached hydrogens (tertiary/aromatic N) is 2. The molecule has 24 heavy (non-hydrogen) atoms. The second kappa shape index (κ2) is 8.10. The summed E-state index contributed by atoms with van der Waals surface area (Å²) in [4.78, 5) is 16.1. The van der Waals surface area contributed by atoms with Gasteiger partial charge in [0.2, 0.25) is 17.6 Å². The van der Waals surface area contributed by atoms with Gasteiger partial charge in [-0.2, -0.15) is 4.98 Å². The molecule has 0 spiro atoms. The van der Waals surface area contributed by atoms with Gasteiger partial charge in [-0.3, -0.25) is 4.79 Å². The number of rotatable bonds is 8. The summed E-state index contributed by atoms with van der Waals surface area (Å²) < 4.78 is 10.3. The fourth-order valence-electron chi connectivity index (χ4n) is 2.34. The van der Waals surface area contributed by atoms with Gasteiger partial charge in [-0.15, -0.1) is 0 Å². The Labute approximate surface area is 139 Å². The van der Waals surface area contributed by atoms with Gasteiger partial charge in [0.1, 0.15) is 0 Å². The van der Waals surface area contributed by atoms with Crippen molar-refractivity contribution in [2.45, 2.75) is 25.7 Å². The lowest BCUT2D eigenvalue weighted by Gasteiger charge is -2.04. The molecular formula is C18H19N3O3. The molecule has 3 rings (SSSR count). The van der Waals surface area contributed by atoms with Crippen molar-refractivity contribution in [3.63, 3.8) is 0 Å². The molecule has 1 amide bonds. The Hall–Kier alpha value is -2.89. The van der Waals surface area contributed by atoms with Gasteiger partial charge in [0.15, 0.2) is 5.76 Å². The first-order valence-electron chi connectivity index (χ1n) is 7.98. The van der Waals surface area contributed by atoms with Crippen molar-refractivity contribution < 1.29 is 13.7 Å². The molecular weight excluding hydrogens is 306 g/mol. The Kier molecular flexibility index (Phi) is 5.40. The predicted octanol–water partition coefficient (Wildman–Crippen LogP) is 3.01. The Bertz CT molecular complexity index is 751. The van der Waals surface area contributed by atoms with Gasteiger partial charge in [-0.1, -0.05) is 35.5 Å². The first-order chi connectivity index (χ1) is 11.8. The van der Waals surface area contributed by atoms with Crippen LogP contribution in [0.4, 0.5) is 0 Å². The van der Waals surface area contributed by atoms with Crippen LogP contribution in [-0.2, 0) is 17.6 Å². The van der Waals surface area contributed by atoms with Crippen LogP contribution in [0.15, 0.2) is 57.7 Å². The number of hydrogen-bond donors (Lipinski definition) is 1. The van der Waals surface area contributed by atoms with E-state index in [-0.39, 0.29) is 5.91 Å². The average Bonchev–Trinajstić information content (AvgIpc) is 3.29. The first kappa shape index (κ1) is 16.0. The highest BCUT2D eigenvalue weighted by Crippen LogP contribution is 2.16. The third kappa shape index (κ3) is 4.55. The molecule has 1 aromatic carbocycles. The summed E-state index contributed by atoms with van der Waals surface area (Å²) in [5.74, 6) is 1.37. The first-order valence-corrected chi connectivity index (χ1v) is 7.98. The summed E-state index contributed by atoms with van der Waals surface area (Å²) in [6, 6.07) is 13.7. The molecule has 3 aromatic rings. The standard InChI is InChI=1S/C18H19N3O3/c22-16(19-12-4-8-14-6-2-1-3-7-14)10-11-17-20-18(21-24-17)15-9-5-13-23-15/h1-3,5-7,9,13H,4,8,10-12H2,(H,19,22). The molecule has 0 radical (unpaired) electrons. The largest absolute Gasteiger partial charge is 0.461 e. The maximum atomic E-state index is 11.8. The monoisotopic (exact) mass is 325 g/mol. The third-order valence-corrected chi connectivity index (χ3v) is 3.58. The fraction of sp³-hybridized carbons (Fsp3) is 0.278. The average molecular weight is 325 g/mol. The number of aryl methyl sites for hydroxylation is 2. The van der Waals surface area contributed by atoms with Crippen LogP contribution in [-0.4, -0.2) is 22.6 Å². The molecule has 0 saturated carbocycles. The summed E-state index contributed by atoms with van der Waals surface area (Å²) in [7, 11) is 0. The molecule has 0 atom stereocenters. The number of carbonyl (C=O) groups excluding carboxylic acids is 1. The number of amides is 1. The van der Waals surface area contributed by atoms with E-state index in [1.165, 1.54) is 5.56 Å². The van der Waals surface area contributed by atoms with Crippen LogP contribution in [0, 0.1) is 0 Å². The number of benzene rings is 1. The summed E-state index contributed by atoms with van der Waals surface area (Å²) in [5, 5.41) is 6.74. The van der Waals surface area contributed by atoms with Crippen LogP contribution in [0.25, 0.3) is 11.6 Å².